The van der Waals surface area contributed by atoms with E-state index in [-0.39, 0.29) is 10.8 Å². The van der Waals surface area contributed by atoms with E-state index in [0.717, 1.165) is 23.4 Å². The fourth-order valence-corrected chi connectivity index (χ4v) is 3.62. The second-order valence-electron chi connectivity index (χ2n) is 8.69. The quantitative estimate of drug-likeness (QED) is 0.558. The van der Waals surface area contributed by atoms with Crippen LogP contribution in [0.4, 0.5) is 0 Å². The van der Waals surface area contributed by atoms with Gasteiger partial charge in [-0.2, -0.15) is 5.10 Å². The Labute approximate surface area is 153 Å². The average molecular weight is 347 g/mol. The van der Waals surface area contributed by atoms with Gasteiger partial charge in [0.2, 0.25) is 0 Å². The lowest BCUT2D eigenvalue weighted by atomic mass is 9.80. The van der Waals surface area contributed by atoms with Crippen molar-refractivity contribution in [3.63, 3.8) is 0 Å². The maximum Gasteiger partial charge on any atom is 0.161 e. The molecule has 0 radical (unpaired) electrons. The second-order valence-corrected chi connectivity index (χ2v) is 8.69. The highest BCUT2D eigenvalue weighted by Crippen LogP contribution is 2.31. The van der Waals surface area contributed by atoms with Gasteiger partial charge in [0.15, 0.2) is 5.65 Å². The van der Waals surface area contributed by atoms with Crippen molar-refractivity contribution in [2.24, 2.45) is 0 Å². The Hall–Kier alpha value is -2.69. The molecule has 0 aliphatic carbocycles. The van der Waals surface area contributed by atoms with Crippen LogP contribution in [0.1, 0.15) is 51.6 Å². The number of pyridine rings is 2. The Balaban J connectivity index is 1.70. The zero-order chi connectivity index (χ0) is 18.5. The first-order valence-corrected chi connectivity index (χ1v) is 9.03. The molecule has 134 valence electrons. The van der Waals surface area contributed by atoms with E-state index in [2.05, 4.69) is 84.8 Å². The van der Waals surface area contributed by atoms with Gasteiger partial charge >= 0.3 is 0 Å². The lowest BCUT2D eigenvalue weighted by Crippen LogP contribution is -2.20. The van der Waals surface area contributed by atoms with Crippen LogP contribution in [0.25, 0.3) is 11.2 Å². The lowest BCUT2D eigenvalue weighted by molar-refractivity contribution is 0.525. The number of rotatable bonds is 3. The molecule has 4 heterocycles. The van der Waals surface area contributed by atoms with Crippen LogP contribution in [0, 0.1) is 0 Å². The van der Waals surface area contributed by atoms with E-state index >= 15 is 0 Å². The molecule has 26 heavy (non-hydrogen) atoms. The van der Waals surface area contributed by atoms with E-state index in [4.69, 9.17) is 0 Å². The Morgan fingerprint density at radius 2 is 1.77 bits per heavy atom. The van der Waals surface area contributed by atoms with Crippen molar-refractivity contribution in [3.8, 4) is 0 Å². The summed E-state index contributed by atoms with van der Waals surface area (Å²) in [7, 11) is 0. The SMILES string of the molecule is CC(C)(C)c1nnc2cc(CC(C)(C)c3cnn4ccccc34)ccn12. The molecule has 0 aromatic carbocycles. The van der Waals surface area contributed by atoms with Gasteiger partial charge in [0.1, 0.15) is 5.82 Å². The number of hydrogen-bond donors (Lipinski definition) is 0. The van der Waals surface area contributed by atoms with Crippen molar-refractivity contribution < 1.29 is 0 Å². The van der Waals surface area contributed by atoms with Gasteiger partial charge < -0.3 is 0 Å². The normalized spacial score (nSPS) is 13.0. The van der Waals surface area contributed by atoms with Crippen molar-refractivity contribution in [1.82, 2.24) is 24.2 Å². The summed E-state index contributed by atoms with van der Waals surface area (Å²) in [5.41, 5.74) is 4.52. The third-order valence-electron chi connectivity index (χ3n) is 4.95. The molecule has 4 rings (SSSR count). The summed E-state index contributed by atoms with van der Waals surface area (Å²) in [5, 5.41) is 13.3. The first-order chi connectivity index (χ1) is 12.3. The minimum atomic E-state index is -0.0334. The maximum absolute atomic E-state index is 4.50. The van der Waals surface area contributed by atoms with Gasteiger partial charge in [-0.15, -0.1) is 10.2 Å². The predicted octanol–water partition coefficient (Wildman–Crippen LogP) is 4.19. The van der Waals surface area contributed by atoms with Crippen molar-refractivity contribution >= 4 is 11.2 Å². The molecular weight excluding hydrogens is 322 g/mol. The largest absolute Gasteiger partial charge is 0.286 e. The fourth-order valence-electron chi connectivity index (χ4n) is 3.62. The van der Waals surface area contributed by atoms with Crippen LogP contribution in [-0.4, -0.2) is 24.2 Å². The van der Waals surface area contributed by atoms with Crippen LogP contribution in [0.5, 0.6) is 0 Å². The maximum atomic E-state index is 4.50. The molecule has 0 atom stereocenters. The average Bonchev–Trinajstić information content (AvgIpc) is 3.18. The van der Waals surface area contributed by atoms with E-state index in [0.29, 0.717) is 0 Å². The number of fused-ring (bicyclic) bond motifs is 2. The van der Waals surface area contributed by atoms with Gasteiger partial charge in [0, 0.05) is 23.4 Å². The Morgan fingerprint density at radius 1 is 0.962 bits per heavy atom. The van der Waals surface area contributed by atoms with Crippen molar-refractivity contribution in [2.45, 2.75) is 51.9 Å². The first kappa shape index (κ1) is 16.8. The van der Waals surface area contributed by atoms with Crippen LogP contribution in [0.15, 0.2) is 48.9 Å². The summed E-state index contributed by atoms with van der Waals surface area (Å²) in [6.45, 7) is 11.0. The Morgan fingerprint density at radius 3 is 2.54 bits per heavy atom. The number of hydrogen-bond acceptors (Lipinski definition) is 3. The lowest BCUT2D eigenvalue weighted by Gasteiger charge is -2.24. The second kappa shape index (κ2) is 5.66. The van der Waals surface area contributed by atoms with E-state index in [9.17, 15) is 0 Å². The monoisotopic (exact) mass is 347 g/mol. The van der Waals surface area contributed by atoms with Gasteiger partial charge in [0.05, 0.1) is 11.7 Å². The molecule has 0 aliphatic rings. The van der Waals surface area contributed by atoms with Crippen molar-refractivity contribution in [3.05, 3.63) is 65.9 Å². The molecule has 0 unspecified atom stereocenters. The van der Waals surface area contributed by atoms with E-state index < -0.39 is 0 Å². The predicted molar refractivity (Wildman–Crippen MR) is 104 cm³/mol. The van der Waals surface area contributed by atoms with E-state index in [1.165, 1.54) is 11.1 Å². The number of aromatic nitrogens is 5. The Bertz CT molecular complexity index is 1080. The fraction of sp³-hybridized carbons (Fsp3) is 0.381. The van der Waals surface area contributed by atoms with Crippen molar-refractivity contribution in [1.29, 1.82) is 0 Å². The zero-order valence-corrected chi connectivity index (χ0v) is 16.1. The summed E-state index contributed by atoms with van der Waals surface area (Å²) in [4.78, 5) is 0. The molecule has 0 fully saturated rings. The molecule has 0 amide bonds. The van der Waals surface area contributed by atoms with Gasteiger partial charge in [-0.3, -0.25) is 4.40 Å². The van der Waals surface area contributed by atoms with Crippen LogP contribution < -0.4 is 0 Å². The van der Waals surface area contributed by atoms with E-state index in [1.807, 2.05) is 23.0 Å². The smallest absolute Gasteiger partial charge is 0.161 e. The summed E-state index contributed by atoms with van der Waals surface area (Å²) >= 11 is 0. The molecule has 4 aromatic rings. The molecule has 0 spiro atoms. The third kappa shape index (κ3) is 2.77. The van der Waals surface area contributed by atoms with E-state index in [1.54, 1.807) is 0 Å². The molecule has 0 saturated carbocycles. The van der Waals surface area contributed by atoms with Crippen molar-refractivity contribution in [2.75, 3.05) is 0 Å². The highest BCUT2D eigenvalue weighted by atomic mass is 15.2. The summed E-state index contributed by atoms with van der Waals surface area (Å²) < 4.78 is 4.03. The van der Waals surface area contributed by atoms with Gasteiger partial charge in [-0.05, 0) is 41.7 Å². The van der Waals surface area contributed by atoms with Gasteiger partial charge in [-0.25, -0.2) is 4.52 Å². The molecule has 5 nitrogen and oxygen atoms in total. The van der Waals surface area contributed by atoms with Crippen LogP contribution >= 0.6 is 0 Å². The molecule has 5 heteroatoms. The summed E-state index contributed by atoms with van der Waals surface area (Å²) in [6, 6.07) is 10.5. The van der Waals surface area contributed by atoms with Crippen LogP contribution in [0.2, 0.25) is 0 Å². The summed E-state index contributed by atoms with van der Waals surface area (Å²) in [6.07, 6.45) is 6.99. The highest BCUT2D eigenvalue weighted by molar-refractivity contribution is 5.57. The molecule has 4 aromatic heterocycles. The minimum Gasteiger partial charge on any atom is -0.286 e. The molecule has 0 saturated heterocycles. The topological polar surface area (TPSA) is 47.5 Å². The molecule has 0 N–H and O–H groups in total. The molecule has 0 bridgehead atoms. The Kier molecular flexibility index (Phi) is 3.65. The van der Waals surface area contributed by atoms with Crippen LogP contribution in [-0.2, 0) is 17.3 Å². The highest BCUT2D eigenvalue weighted by Gasteiger charge is 2.26. The van der Waals surface area contributed by atoms with Gasteiger partial charge in [0.25, 0.3) is 0 Å². The first-order valence-electron chi connectivity index (χ1n) is 9.03. The minimum absolute atomic E-state index is 0.0305. The summed E-state index contributed by atoms with van der Waals surface area (Å²) in [5.74, 6) is 0.987. The molecular formula is C21H25N5. The zero-order valence-electron chi connectivity index (χ0n) is 16.1. The van der Waals surface area contributed by atoms with Crippen LogP contribution in [0.3, 0.4) is 0 Å². The standard InChI is InChI=1S/C21H25N5/c1-20(2,3)19-24-23-18-12-15(9-11-25(18)19)13-21(4,5)16-14-22-26-10-7-6-8-17(16)26/h6-12,14H,13H2,1-5H3. The number of nitrogens with zero attached hydrogens (tertiary/aromatic N) is 5. The van der Waals surface area contributed by atoms with Gasteiger partial charge in [-0.1, -0.05) is 40.7 Å². The third-order valence-corrected chi connectivity index (χ3v) is 4.95. The molecule has 0 aliphatic heterocycles.